The van der Waals surface area contributed by atoms with Crippen LogP contribution in [0.15, 0.2) is 221 Å². The van der Waals surface area contributed by atoms with Crippen molar-refractivity contribution in [1.82, 2.24) is 14.5 Å². The van der Waals surface area contributed by atoms with Gasteiger partial charge in [0.1, 0.15) is 22.3 Å². The van der Waals surface area contributed by atoms with E-state index in [2.05, 4.69) is 174 Å². The molecule has 0 radical (unpaired) electrons. The van der Waals surface area contributed by atoms with Gasteiger partial charge in [0.2, 0.25) is 0 Å². The Labute approximate surface area is 361 Å². The molecule has 0 N–H and O–H groups in total. The lowest BCUT2D eigenvalue weighted by Gasteiger charge is -2.09. The lowest BCUT2D eigenvalue weighted by Crippen LogP contribution is -1.96. The molecule has 9 aromatic carbocycles. The summed E-state index contributed by atoms with van der Waals surface area (Å²) in [4.78, 5) is 10.2. The highest BCUT2D eigenvalue weighted by atomic mass is 16.3. The normalized spacial score (nSPS) is 11.8. The van der Waals surface area contributed by atoms with E-state index >= 15 is 0 Å². The third kappa shape index (κ3) is 5.71. The molecule has 5 nitrogen and oxygen atoms in total. The van der Waals surface area contributed by atoms with Crippen LogP contribution < -0.4 is 0 Å². The minimum absolute atomic E-state index is 0.610. The second kappa shape index (κ2) is 14.0. The van der Waals surface area contributed by atoms with E-state index in [1.54, 1.807) is 0 Å². The van der Waals surface area contributed by atoms with Gasteiger partial charge in [0.25, 0.3) is 0 Å². The Kier molecular flexibility index (Phi) is 7.84. The van der Waals surface area contributed by atoms with E-state index in [1.807, 2.05) is 42.5 Å². The van der Waals surface area contributed by atoms with Crippen molar-refractivity contribution >= 4 is 65.7 Å². The van der Waals surface area contributed by atoms with Crippen LogP contribution in [0.1, 0.15) is 0 Å². The molecule has 0 saturated heterocycles. The van der Waals surface area contributed by atoms with Crippen LogP contribution in [0.4, 0.5) is 0 Å². The zero-order chi connectivity index (χ0) is 41.4. The maximum absolute atomic E-state index is 6.89. The molecule has 294 valence electrons. The van der Waals surface area contributed by atoms with Crippen LogP contribution in [0.2, 0.25) is 0 Å². The van der Waals surface area contributed by atoms with Gasteiger partial charge in [0.15, 0.2) is 5.82 Å². The molecule has 4 heterocycles. The van der Waals surface area contributed by atoms with E-state index in [0.29, 0.717) is 5.82 Å². The van der Waals surface area contributed by atoms with Crippen LogP contribution in [0.3, 0.4) is 0 Å². The molecule has 63 heavy (non-hydrogen) atoms. The topological polar surface area (TPSA) is 57.0 Å². The first-order chi connectivity index (χ1) is 31.2. The quantitative estimate of drug-likeness (QED) is 0.168. The highest BCUT2D eigenvalue weighted by Crippen LogP contribution is 2.43. The second-order valence-electron chi connectivity index (χ2n) is 16.1. The average molecular weight is 806 g/mol. The van der Waals surface area contributed by atoms with Crippen molar-refractivity contribution in [2.45, 2.75) is 0 Å². The lowest BCUT2D eigenvalue weighted by atomic mass is 9.99. The van der Waals surface area contributed by atoms with E-state index in [-0.39, 0.29) is 0 Å². The summed E-state index contributed by atoms with van der Waals surface area (Å²) in [5.74, 6) is 0.610. The fraction of sp³-hybridized carbons (Fsp3) is 0. The second-order valence-corrected chi connectivity index (χ2v) is 16.1. The molecular formula is C58H35N3O2. The Morgan fingerprint density at radius 2 is 0.794 bits per heavy atom. The van der Waals surface area contributed by atoms with Crippen LogP contribution in [0.25, 0.3) is 128 Å². The SMILES string of the molecule is c1ccc(-c2ccc3c(c2)c2cc(-c4cccc5c4oc4cc6c(cc45)oc4c(-c5nc(-c7ccccc7)cc(-c7ccccc7)n5)cccc46)ccc2n3-c2ccccc2)cc1. The molecule has 0 atom stereocenters. The monoisotopic (exact) mass is 805 g/mol. The number of hydrogen-bond acceptors (Lipinski definition) is 4. The predicted octanol–water partition coefficient (Wildman–Crippen LogP) is 15.7. The van der Waals surface area contributed by atoms with Crippen LogP contribution in [0.5, 0.6) is 0 Å². The smallest absolute Gasteiger partial charge is 0.164 e. The van der Waals surface area contributed by atoms with Gasteiger partial charge in [-0.05, 0) is 77.4 Å². The lowest BCUT2D eigenvalue weighted by molar-refractivity contribution is 0.665. The molecule has 0 fully saturated rings. The van der Waals surface area contributed by atoms with Crippen LogP contribution in [-0.4, -0.2) is 14.5 Å². The molecule has 13 rings (SSSR count). The van der Waals surface area contributed by atoms with Crippen molar-refractivity contribution in [3.63, 3.8) is 0 Å². The minimum atomic E-state index is 0.610. The number of aromatic nitrogens is 3. The maximum atomic E-state index is 6.89. The van der Waals surface area contributed by atoms with Gasteiger partial charge >= 0.3 is 0 Å². The van der Waals surface area contributed by atoms with Crippen LogP contribution >= 0.6 is 0 Å². The van der Waals surface area contributed by atoms with E-state index in [9.17, 15) is 0 Å². The molecule has 0 aliphatic rings. The zero-order valence-corrected chi connectivity index (χ0v) is 33.9. The van der Waals surface area contributed by atoms with Crippen molar-refractivity contribution in [3.05, 3.63) is 212 Å². The molecule has 4 aromatic heterocycles. The van der Waals surface area contributed by atoms with Gasteiger partial charge in [-0.1, -0.05) is 152 Å². The van der Waals surface area contributed by atoms with Crippen molar-refractivity contribution < 1.29 is 8.83 Å². The number of hydrogen-bond donors (Lipinski definition) is 0. The van der Waals surface area contributed by atoms with Gasteiger partial charge in [-0.2, -0.15) is 0 Å². The van der Waals surface area contributed by atoms with Gasteiger partial charge in [-0.3, -0.25) is 0 Å². The van der Waals surface area contributed by atoms with Crippen molar-refractivity contribution in [1.29, 1.82) is 0 Å². The molecule has 0 aliphatic carbocycles. The Balaban J connectivity index is 0.962. The molecule has 0 spiro atoms. The molecule has 0 bridgehead atoms. The van der Waals surface area contributed by atoms with Crippen molar-refractivity contribution in [2.24, 2.45) is 0 Å². The third-order valence-corrected chi connectivity index (χ3v) is 12.4. The number of benzene rings is 9. The van der Waals surface area contributed by atoms with Crippen LogP contribution in [0, 0.1) is 0 Å². The first-order valence-corrected chi connectivity index (χ1v) is 21.2. The number of rotatable bonds is 6. The number of fused-ring (bicyclic) bond motifs is 9. The standard InChI is InChI=1S/C58H35N3O2/c1-5-15-36(16-6-1)39-27-29-52-46(31-39)47-32-40(28-30-53(47)61(52)41-21-11-4-12-22-41)42-23-13-24-43-48-33-55-49(34-54(48)62-56(42)43)44-25-14-26-45(57(44)63-55)58-59-50(37-17-7-2-8-18-37)35-51(60-58)38-19-9-3-10-20-38/h1-35H. The molecular weight excluding hydrogens is 771 g/mol. The summed E-state index contributed by atoms with van der Waals surface area (Å²) in [7, 11) is 0. The van der Waals surface area contributed by atoms with E-state index < -0.39 is 0 Å². The van der Waals surface area contributed by atoms with Gasteiger partial charge in [-0.15, -0.1) is 0 Å². The summed E-state index contributed by atoms with van der Waals surface area (Å²) >= 11 is 0. The molecule has 0 amide bonds. The third-order valence-electron chi connectivity index (χ3n) is 12.4. The first-order valence-electron chi connectivity index (χ1n) is 21.2. The highest BCUT2D eigenvalue weighted by molar-refractivity contribution is 6.18. The van der Waals surface area contributed by atoms with Gasteiger partial charge in [-0.25, -0.2) is 9.97 Å². The van der Waals surface area contributed by atoms with Crippen molar-refractivity contribution in [3.8, 4) is 61.8 Å². The predicted molar refractivity (Wildman–Crippen MR) is 258 cm³/mol. The number of furan rings is 2. The van der Waals surface area contributed by atoms with Crippen LogP contribution in [-0.2, 0) is 0 Å². The average Bonchev–Trinajstić information content (AvgIpc) is 4.02. The Morgan fingerprint density at radius 3 is 1.37 bits per heavy atom. The summed E-state index contributed by atoms with van der Waals surface area (Å²) in [6.07, 6.45) is 0. The maximum Gasteiger partial charge on any atom is 0.164 e. The fourth-order valence-electron chi connectivity index (χ4n) is 9.43. The van der Waals surface area contributed by atoms with Gasteiger partial charge < -0.3 is 13.4 Å². The number of para-hydroxylation sites is 3. The molecule has 13 aromatic rings. The van der Waals surface area contributed by atoms with E-state index in [1.165, 1.54) is 27.4 Å². The zero-order valence-electron chi connectivity index (χ0n) is 33.9. The van der Waals surface area contributed by atoms with Gasteiger partial charge in [0.05, 0.1) is 28.0 Å². The summed E-state index contributed by atoms with van der Waals surface area (Å²) < 4.78 is 16.1. The fourth-order valence-corrected chi connectivity index (χ4v) is 9.43. The van der Waals surface area contributed by atoms with E-state index in [0.717, 1.165) is 94.3 Å². The first kappa shape index (κ1) is 35.2. The summed E-state index contributed by atoms with van der Waals surface area (Å²) in [5, 5.41) is 6.39. The van der Waals surface area contributed by atoms with Gasteiger partial charge in [0, 0.05) is 54.7 Å². The minimum Gasteiger partial charge on any atom is -0.455 e. The largest absolute Gasteiger partial charge is 0.455 e. The molecule has 0 unspecified atom stereocenters. The Bertz CT molecular complexity index is 3830. The molecule has 5 heteroatoms. The summed E-state index contributed by atoms with van der Waals surface area (Å²) in [6, 6.07) is 74.3. The summed E-state index contributed by atoms with van der Waals surface area (Å²) in [5.41, 5.74) is 15.7. The Hall–Kier alpha value is -8.54. The highest BCUT2D eigenvalue weighted by Gasteiger charge is 2.21. The molecule has 0 aliphatic heterocycles. The summed E-state index contributed by atoms with van der Waals surface area (Å²) in [6.45, 7) is 0. The van der Waals surface area contributed by atoms with E-state index in [4.69, 9.17) is 18.8 Å². The molecule has 0 saturated carbocycles. The van der Waals surface area contributed by atoms with Crippen molar-refractivity contribution in [2.75, 3.05) is 0 Å². The Morgan fingerprint density at radius 1 is 0.317 bits per heavy atom. The number of nitrogens with zero attached hydrogens (tertiary/aromatic N) is 3.